The Labute approximate surface area is 142 Å². The van der Waals surface area contributed by atoms with E-state index >= 15 is 0 Å². The van der Waals surface area contributed by atoms with Gasteiger partial charge in [0, 0.05) is 30.5 Å². The number of carbonyl (C=O) groups is 1. The minimum atomic E-state index is -0.0320. The Hall–Kier alpha value is -2.67. The number of thiophene rings is 1. The van der Waals surface area contributed by atoms with Crippen LogP contribution in [0.3, 0.4) is 0 Å². The Morgan fingerprint density at radius 1 is 1.42 bits per heavy atom. The van der Waals surface area contributed by atoms with Crippen molar-refractivity contribution in [3.05, 3.63) is 52.9 Å². The van der Waals surface area contributed by atoms with Crippen LogP contribution < -0.4 is 0 Å². The first-order valence-corrected chi connectivity index (χ1v) is 8.60. The van der Waals surface area contributed by atoms with Gasteiger partial charge in [-0.3, -0.25) is 4.79 Å². The Kier molecular flexibility index (Phi) is 4.00. The van der Waals surface area contributed by atoms with E-state index in [1.807, 2.05) is 22.9 Å². The number of aromatic nitrogens is 2. The molecule has 0 spiro atoms. The summed E-state index contributed by atoms with van der Waals surface area (Å²) < 4.78 is 10.5. The lowest BCUT2D eigenvalue weighted by atomic mass is 10.1. The van der Waals surface area contributed by atoms with E-state index in [4.69, 9.17) is 8.94 Å². The molecule has 24 heavy (non-hydrogen) atoms. The van der Waals surface area contributed by atoms with Gasteiger partial charge in [-0.25, -0.2) is 0 Å². The highest BCUT2D eigenvalue weighted by Gasteiger charge is 2.29. The van der Waals surface area contributed by atoms with E-state index in [0.717, 1.165) is 12.0 Å². The lowest BCUT2D eigenvalue weighted by molar-refractivity contribution is -0.125. The Morgan fingerprint density at radius 3 is 3.17 bits per heavy atom. The second kappa shape index (κ2) is 6.45. The van der Waals surface area contributed by atoms with Crippen LogP contribution in [0.1, 0.15) is 23.9 Å². The predicted molar refractivity (Wildman–Crippen MR) is 89.3 cm³/mol. The molecule has 1 amide bonds. The third-order valence-corrected chi connectivity index (χ3v) is 4.69. The average molecular weight is 341 g/mol. The molecule has 1 fully saturated rings. The lowest BCUT2D eigenvalue weighted by Crippen LogP contribution is -2.26. The number of nitrogens with zero attached hydrogens (tertiary/aromatic N) is 3. The average Bonchev–Trinajstić information content (AvgIpc) is 3.40. The number of carbonyl (C=O) groups excluding carboxylic acids is 1. The molecular weight excluding hydrogens is 326 g/mol. The molecule has 1 saturated heterocycles. The van der Waals surface area contributed by atoms with Crippen molar-refractivity contribution in [2.24, 2.45) is 0 Å². The predicted octanol–water partition coefficient (Wildman–Crippen LogP) is 3.42. The summed E-state index contributed by atoms with van der Waals surface area (Å²) in [5, 5.41) is 8.03. The van der Waals surface area contributed by atoms with Gasteiger partial charge < -0.3 is 13.8 Å². The van der Waals surface area contributed by atoms with Crippen LogP contribution in [0.5, 0.6) is 0 Å². The highest BCUT2D eigenvalue weighted by atomic mass is 32.1. The molecule has 6 nitrogen and oxygen atoms in total. The number of hydrogen-bond acceptors (Lipinski definition) is 6. The fraction of sp³-hybridized carbons (Fsp3) is 0.235. The van der Waals surface area contributed by atoms with Gasteiger partial charge in [-0.1, -0.05) is 5.16 Å². The molecule has 1 atom stereocenters. The van der Waals surface area contributed by atoms with Gasteiger partial charge in [0.05, 0.1) is 11.8 Å². The Balaban J connectivity index is 1.40. The summed E-state index contributed by atoms with van der Waals surface area (Å²) in [4.78, 5) is 18.5. The molecule has 1 unspecified atom stereocenters. The van der Waals surface area contributed by atoms with Crippen LogP contribution in [0.15, 0.2) is 50.2 Å². The molecule has 0 bridgehead atoms. The molecule has 0 N–H and O–H groups in total. The number of likely N-dealkylation sites (tertiary alicyclic amines) is 1. The van der Waals surface area contributed by atoms with Crippen LogP contribution in [-0.2, 0) is 4.79 Å². The Bertz CT molecular complexity index is 836. The summed E-state index contributed by atoms with van der Waals surface area (Å²) in [6, 6.07) is 5.55. The van der Waals surface area contributed by atoms with Crippen molar-refractivity contribution in [3.63, 3.8) is 0 Å². The molecule has 7 heteroatoms. The standard InChI is InChI=1S/C17H15N3O3S/c21-15(4-3-14-2-1-8-22-14)20-7-5-12(10-20)16-18-17(23-19-16)13-6-9-24-11-13/h1-4,6,8-9,11-12H,5,7,10H2. The zero-order valence-corrected chi connectivity index (χ0v) is 13.6. The number of amides is 1. The minimum absolute atomic E-state index is 0.0320. The van der Waals surface area contributed by atoms with Crippen LogP contribution in [0, 0.1) is 0 Å². The summed E-state index contributed by atoms with van der Waals surface area (Å²) in [5.41, 5.74) is 0.936. The maximum atomic E-state index is 12.2. The second-order valence-electron chi connectivity index (χ2n) is 5.59. The van der Waals surface area contributed by atoms with E-state index < -0.39 is 0 Å². The van der Waals surface area contributed by atoms with Crippen molar-refractivity contribution in [2.45, 2.75) is 12.3 Å². The fourth-order valence-corrected chi connectivity index (χ4v) is 3.35. The molecule has 3 aromatic rings. The summed E-state index contributed by atoms with van der Waals surface area (Å²) in [6.45, 7) is 1.29. The van der Waals surface area contributed by atoms with E-state index in [1.54, 1.807) is 34.6 Å². The van der Waals surface area contributed by atoms with Gasteiger partial charge in [0.15, 0.2) is 5.82 Å². The van der Waals surface area contributed by atoms with Crippen molar-refractivity contribution >= 4 is 23.3 Å². The zero-order chi connectivity index (χ0) is 16.4. The van der Waals surface area contributed by atoms with Crippen molar-refractivity contribution in [2.75, 3.05) is 13.1 Å². The SMILES string of the molecule is O=C(C=Cc1ccco1)N1CCC(c2noc(-c3ccsc3)n2)C1. The van der Waals surface area contributed by atoms with Crippen molar-refractivity contribution < 1.29 is 13.7 Å². The maximum absolute atomic E-state index is 12.2. The van der Waals surface area contributed by atoms with Gasteiger partial charge in [0.2, 0.25) is 5.91 Å². The molecular formula is C17H15N3O3S. The van der Waals surface area contributed by atoms with E-state index in [9.17, 15) is 4.79 Å². The van der Waals surface area contributed by atoms with E-state index in [0.29, 0.717) is 30.6 Å². The molecule has 0 aromatic carbocycles. The van der Waals surface area contributed by atoms with Gasteiger partial charge in [-0.2, -0.15) is 16.3 Å². The number of furan rings is 1. The van der Waals surface area contributed by atoms with E-state index in [1.165, 1.54) is 6.08 Å². The third kappa shape index (κ3) is 3.03. The van der Waals surface area contributed by atoms with Crippen molar-refractivity contribution in [1.29, 1.82) is 0 Å². The fourth-order valence-electron chi connectivity index (χ4n) is 2.72. The van der Waals surface area contributed by atoms with Crippen molar-refractivity contribution in [1.82, 2.24) is 15.0 Å². The van der Waals surface area contributed by atoms with Gasteiger partial charge in [0.1, 0.15) is 5.76 Å². The maximum Gasteiger partial charge on any atom is 0.258 e. The van der Waals surface area contributed by atoms with Gasteiger partial charge in [0.25, 0.3) is 5.89 Å². The largest absolute Gasteiger partial charge is 0.465 e. The monoisotopic (exact) mass is 341 g/mol. The summed E-state index contributed by atoms with van der Waals surface area (Å²) in [5.74, 6) is 1.95. The van der Waals surface area contributed by atoms with Crippen LogP contribution in [0.2, 0.25) is 0 Å². The quantitative estimate of drug-likeness (QED) is 0.680. The van der Waals surface area contributed by atoms with Crippen LogP contribution >= 0.6 is 11.3 Å². The first kappa shape index (κ1) is 14.9. The van der Waals surface area contributed by atoms with Gasteiger partial charge in [-0.05, 0) is 36.1 Å². The molecule has 0 aliphatic carbocycles. The molecule has 3 aromatic heterocycles. The topological polar surface area (TPSA) is 72.4 Å². The first-order valence-electron chi connectivity index (χ1n) is 7.66. The van der Waals surface area contributed by atoms with Gasteiger partial charge >= 0.3 is 0 Å². The van der Waals surface area contributed by atoms with Crippen LogP contribution in [-0.4, -0.2) is 34.0 Å². The molecule has 1 aliphatic heterocycles. The highest BCUT2D eigenvalue weighted by Crippen LogP contribution is 2.28. The molecule has 4 heterocycles. The molecule has 0 saturated carbocycles. The summed E-state index contributed by atoms with van der Waals surface area (Å²) >= 11 is 1.59. The lowest BCUT2D eigenvalue weighted by Gasteiger charge is -2.12. The number of rotatable bonds is 4. The third-order valence-electron chi connectivity index (χ3n) is 4.01. The summed E-state index contributed by atoms with van der Waals surface area (Å²) in [7, 11) is 0. The molecule has 0 radical (unpaired) electrons. The van der Waals surface area contributed by atoms with Crippen LogP contribution in [0.4, 0.5) is 0 Å². The van der Waals surface area contributed by atoms with Crippen LogP contribution in [0.25, 0.3) is 17.5 Å². The Morgan fingerprint density at radius 2 is 2.38 bits per heavy atom. The summed E-state index contributed by atoms with van der Waals surface area (Å²) in [6.07, 6.45) is 5.63. The molecule has 4 rings (SSSR count). The number of hydrogen-bond donors (Lipinski definition) is 0. The normalized spacial score (nSPS) is 17.8. The second-order valence-corrected chi connectivity index (χ2v) is 6.37. The highest BCUT2D eigenvalue weighted by molar-refractivity contribution is 7.08. The molecule has 1 aliphatic rings. The molecule has 122 valence electrons. The van der Waals surface area contributed by atoms with Crippen molar-refractivity contribution in [3.8, 4) is 11.5 Å². The first-order chi connectivity index (χ1) is 11.8. The zero-order valence-electron chi connectivity index (χ0n) is 12.8. The van der Waals surface area contributed by atoms with E-state index in [2.05, 4.69) is 10.1 Å². The van der Waals surface area contributed by atoms with Gasteiger partial charge in [-0.15, -0.1) is 0 Å². The smallest absolute Gasteiger partial charge is 0.258 e. The minimum Gasteiger partial charge on any atom is -0.465 e. The van der Waals surface area contributed by atoms with E-state index in [-0.39, 0.29) is 11.8 Å².